The van der Waals surface area contributed by atoms with Gasteiger partial charge in [0.15, 0.2) is 0 Å². The molecule has 1 aromatic rings. The maximum Gasteiger partial charge on any atom is 0.142 e. The van der Waals surface area contributed by atoms with Gasteiger partial charge in [-0.05, 0) is 12.1 Å². The summed E-state index contributed by atoms with van der Waals surface area (Å²) in [6.45, 7) is 0. The molecular weight excluding hydrogens is 247 g/mol. The van der Waals surface area contributed by atoms with Crippen LogP contribution in [-0.4, -0.2) is 12.4 Å². The Bertz CT molecular complexity index is 365. The SMILES string of the molecule is COc1cccc(F)c1C#CCCBr. The van der Waals surface area contributed by atoms with Crippen molar-refractivity contribution in [2.24, 2.45) is 0 Å². The van der Waals surface area contributed by atoms with Crippen molar-refractivity contribution in [2.75, 3.05) is 12.4 Å². The molecule has 74 valence electrons. The number of methoxy groups -OCH3 is 1. The van der Waals surface area contributed by atoms with Gasteiger partial charge in [-0.3, -0.25) is 0 Å². The molecule has 1 nitrogen and oxygen atoms in total. The number of halogens is 2. The van der Waals surface area contributed by atoms with Crippen molar-refractivity contribution in [3.8, 4) is 17.6 Å². The Morgan fingerprint density at radius 2 is 2.29 bits per heavy atom. The average Bonchev–Trinajstić information content (AvgIpc) is 2.20. The van der Waals surface area contributed by atoms with E-state index in [1.165, 1.54) is 13.2 Å². The van der Waals surface area contributed by atoms with Crippen LogP contribution in [0.3, 0.4) is 0 Å². The molecular formula is C11H10BrFO. The zero-order chi connectivity index (χ0) is 10.4. The first kappa shape index (κ1) is 11.1. The fraction of sp³-hybridized carbons (Fsp3) is 0.273. The van der Waals surface area contributed by atoms with Crippen LogP contribution in [0.5, 0.6) is 5.75 Å². The van der Waals surface area contributed by atoms with Crippen LogP contribution in [0, 0.1) is 17.7 Å². The van der Waals surface area contributed by atoms with E-state index in [4.69, 9.17) is 4.74 Å². The smallest absolute Gasteiger partial charge is 0.142 e. The van der Waals surface area contributed by atoms with Gasteiger partial charge in [-0.25, -0.2) is 4.39 Å². The first-order valence-electron chi connectivity index (χ1n) is 4.17. The van der Waals surface area contributed by atoms with Crippen LogP contribution in [0.25, 0.3) is 0 Å². The van der Waals surface area contributed by atoms with Gasteiger partial charge in [0.25, 0.3) is 0 Å². The predicted octanol–water partition coefficient (Wildman–Crippen LogP) is 2.97. The third-order valence-electron chi connectivity index (χ3n) is 1.63. The van der Waals surface area contributed by atoms with Crippen molar-refractivity contribution in [2.45, 2.75) is 6.42 Å². The molecule has 0 N–H and O–H groups in total. The fourth-order valence-electron chi connectivity index (χ4n) is 0.994. The Labute approximate surface area is 91.4 Å². The minimum atomic E-state index is -0.341. The Morgan fingerprint density at radius 3 is 2.93 bits per heavy atom. The molecule has 3 heteroatoms. The monoisotopic (exact) mass is 256 g/mol. The molecule has 1 aromatic carbocycles. The highest BCUT2D eigenvalue weighted by molar-refractivity contribution is 9.09. The van der Waals surface area contributed by atoms with Crippen LogP contribution in [-0.2, 0) is 0 Å². The summed E-state index contributed by atoms with van der Waals surface area (Å²) in [7, 11) is 1.50. The van der Waals surface area contributed by atoms with Crippen LogP contribution in [0.15, 0.2) is 18.2 Å². The molecule has 0 atom stereocenters. The van der Waals surface area contributed by atoms with Crippen LogP contribution >= 0.6 is 15.9 Å². The molecule has 0 radical (unpaired) electrons. The lowest BCUT2D eigenvalue weighted by Gasteiger charge is -2.02. The van der Waals surface area contributed by atoms with E-state index in [1.807, 2.05) is 0 Å². The van der Waals surface area contributed by atoms with Gasteiger partial charge in [-0.1, -0.05) is 33.8 Å². The second-order valence-electron chi connectivity index (χ2n) is 2.56. The minimum absolute atomic E-state index is 0.330. The first-order chi connectivity index (χ1) is 6.79. The second-order valence-corrected chi connectivity index (χ2v) is 3.35. The fourth-order valence-corrected chi connectivity index (χ4v) is 1.19. The van der Waals surface area contributed by atoms with Crippen molar-refractivity contribution in [3.63, 3.8) is 0 Å². The summed E-state index contributed by atoms with van der Waals surface area (Å²) in [5, 5.41) is 0.788. The zero-order valence-corrected chi connectivity index (χ0v) is 9.40. The maximum atomic E-state index is 13.3. The van der Waals surface area contributed by atoms with Crippen LogP contribution in [0.1, 0.15) is 12.0 Å². The van der Waals surface area contributed by atoms with E-state index in [1.54, 1.807) is 12.1 Å². The first-order valence-corrected chi connectivity index (χ1v) is 5.29. The molecule has 0 fully saturated rings. The van der Waals surface area contributed by atoms with Crippen molar-refractivity contribution < 1.29 is 9.13 Å². The van der Waals surface area contributed by atoms with Crippen LogP contribution in [0.2, 0.25) is 0 Å². The van der Waals surface area contributed by atoms with Crippen molar-refractivity contribution in [1.82, 2.24) is 0 Å². The standard InChI is InChI=1S/C11H10BrFO/c1-14-11-7-4-6-10(13)9(11)5-2-3-8-12/h4,6-7H,3,8H2,1H3. The number of ether oxygens (including phenoxy) is 1. The third-order valence-corrected chi connectivity index (χ3v) is 2.02. The summed E-state index contributed by atoms with van der Waals surface area (Å²) < 4.78 is 18.3. The maximum absolute atomic E-state index is 13.3. The van der Waals surface area contributed by atoms with E-state index < -0.39 is 0 Å². The Kier molecular flexibility index (Phi) is 4.48. The van der Waals surface area contributed by atoms with Crippen LogP contribution < -0.4 is 4.74 Å². The molecule has 0 spiro atoms. The highest BCUT2D eigenvalue weighted by Gasteiger charge is 2.04. The molecule has 0 aliphatic carbocycles. The van der Waals surface area contributed by atoms with E-state index in [0.717, 1.165) is 5.33 Å². The number of hydrogen-bond donors (Lipinski definition) is 0. The lowest BCUT2D eigenvalue weighted by Crippen LogP contribution is -1.91. The largest absolute Gasteiger partial charge is 0.495 e. The molecule has 0 saturated carbocycles. The Morgan fingerprint density at radius 1 is 1.50 bits per heavy atom. The van der Waals surface area contributed by atoms with E-state index in [2.05, 4.69) is 27.8 Å². The molecule has 0 bridgehead atoms. The van der Waals surface area contributed by atoms with Crippen molar-refractivity contribution >= 4 is 15.9 Å². The summed E-state index contributed by atoms with van der Waals surface area (Å²) in [4.78, 5) is 0. The number of rotatable bonds is 2. The normalized spacial score (nSPS) is 9.07. The van der Waals surface area contributed by atoms with E-state index in [-0.39, 0.29) is 5.82 Å². The third kappa shape index (κ3) is 2.74. The lowest BCUT2D eigenvalue weighted by atomic mass is 10.2. The van der Waals surface area contributed by atoms with Gasteiger partial charge < -0.3 is 4.74 Å². The van der Waals surface area contributed by atoms with Gasteiger partial charge in [0.2, 0.25) is 0 Å². The molecule has 0 aliphatic rings. The number of alkyl halides is 1. The van der Waals surface area contributed by atoms with Gasteiger partial charge in [-0.15, -0.1) is 0 Å². The highest BCUT2D eigenvalue weighted by Crippen LogP contribution is 2.19. The summed E-state index contributed by atoms with van der Waals surface area (Å²) >= 11 is 3.25. The summed E-state index contributed by atoms with van der Waals surface area (Å²) in [6.07, 6.45) is 0.692. The van der Waals surface area contributed by atoms with Crippen molar-refractivity contribution in [1.29, 1.82) is 0 Å². The lowest BCUT2D eigenvalue weighted by molar-refractivity contribution is 0.409. The number of benzene rings is 1. The van der Waals surface area contributed by atoms with Gasteiger partial charge in [0.05, 0.1) is 7.11 Å². The molecule has 1 rings (SSSR count). The van der Waals surface area contributed by atoms with E-state index in [0.29, 0.717) is 17.7 Å². The van der Waals surface area contributed by atoms with Crippen LogP contribution in [0.4, 0.5) is 4.39 Å². The van der Waals surface area contributed by atoms with Gasteiger partial charge in [0, 0.05) is 11.8 Å². The molecule has 0 saturated heterocycles. The van der Waals surface area contributed by atoms with Gasteiger partial charge in [0.1, 0.15) is 17.1 Å². The van der Waals surface area contributed by atoms with Crippen molar-refractivity contribution in [3.05, 3.63) is 29.6 Å². The molecule has 0 unspecified atom stereocenters. The zero-order valence-electron chi connectivity index (χ0n) is 7.81. The Balaban J connectivity index is 3.00. The topological polar surface area (TPSA) is 9.23 Å². The Hall–Kier alpha value is -1.01. The molecule has 0 aliphatic heterocycles. The molecule has 0 aromatic heterocycles. The highest BCUT2D eigenvalue weighted by atomic mass is 79.9. The molecule has 0 amide bonds. The minimum Gasteiger partial charge on any atom is -0.495 e. The molecule has 0 heterocycles. The predicted molar refractivity (Wildman–Crippen MR) is 58.2 cm³/mol. The summed E-state index contributed by atoms with van der Waals surface area (Å²) in [6, 6.07) is 4.67. The van der Waals surface area contributed by atoms with E-state index >= 15 is 0 Å². The van der Waals surface area contributed by atoms with Gasteiger partial charge in [-0.2, -0.15) is 0 Å². The summed E-state index contributed by atoms with van der Waals surface area (Å²) in [5.74, 6) is 5.74. The second kappa shape index (κ2) is 5.66. The molecule has 14 heavy (non-hydrogen) atoms. The summed E-state index contributed by atoms with van der Waals surface area (Å²) in [5.41, 5.74) is 0.330. The quantitative estimate of drug-likeness (QED) is 0.584. The average molecular weight is 257 g/mol. The van der Waals surface area contributed by atoms with E-state index in [9.17, 15) is 4.39 Å². The van der Waals surface area contributed by atoms with Gasteiger partial charge >= 0.3 is 0 Å². The number of hydrogen-bond acceptors (Lipinski definition) is 1.